The van der Waals surface area contributed by atoms with Gasteiger partial charge in [0.1, 0.15) is 0 Å². The minimum Gasteiger partial charge on any atom is -0.370 e. The Kier molecular flexibility index (Phi) is 8.63. The monoisotopic (exact) mass is 268 g/mol. The number of likely N-dealkylation sites (tertiary alicyclic amines) is 1. The number of unbranched alkanes of at least 4 members (excludes halogenated alkanes) is 2. The van der Waals surface area contributed by atoms with Crippen LogP contribution >= 0.6 is 0 Å². The molecule has 0 aliphatic carbocycles. The second-order valence-electron chi connectivity index (χ2n) is 5.78. The number of aliphatic imine (C=N–C) groups is 1. The Balaban J connectivity index is 1.91. The van der Waals surface area contributed by atoms with Crippen molar-refractivity contribution in [1.29, 1.82) is 0 Å². The smallest absolute Gasteiger partial charge is 0.188 e. The average Bonchev–Trinajstić information content (AvgIpc) is 2.93. The summed E-state index contributed by atoms with van der Waals surface area (Å²) in [5.41, 5.74) is 5.82. The van der Waals surface area contributed by atoms with Crippen molar-refractivity contribution in [3.8, 4) is 0 Å². The third kappa shape index (κ3) is 8.09. The highest BCUT2D eigenvalue weighted by Crippen LogP contribution is 2.08. The van der Waals surface area contributed by atoms with Crippen molar-refractivity contribution in [3.63, 3.8) is 0 Å². The van der Waals surface area contributed by atoms with Crippen LogP contribution in [-0.4, -0.2) is 43.6 Å². The molecule has 0 spiro atoms. The van der Waals surface area contributed by atoms with Gasteiger partial charge < -0.3 is 16.0 Å². The van der Waals surface area contributed by atoms with E-state index >= 15 is 0 Å². The Morgan fingerprint density at radius 3 is 2.68 bits per heavy atom. The first kappa shape index (κ1) is 16.3. The predicted octanol–water partition coefficient (Wildman–Crippen LogP) is 2.20. The zero-order valence-corrected chi connectivity index (χ0v) is 12.8. The van der Waals surface area contributed by atoms with Gasteiger partial charge in [0.05, 0.1) is 0 Å². The molecule has 0 aromatic heterocycles. The van der Waals surface area contributed by atoms with Gasteiger partial charge in [-0.3, -0.25) is 4.99 Å². The lowest BCUT2D eigenvalue weighted by Crippen LogP contribution is -2.33. The van der Waals surface area contributed by atoms with Gasteiger partial charge in [-0.1, -0.05) is 26.7 Å². The minimum atomic E-state index is 0.611. The number of hydrogen-bond acceptors (Lipinski definition) is 2. The van der Waals surface area contributed by atoms with Crippen LogP contribution in [0, 0.1) is 5.92 Å². The molecule has 1 rings (SSSR count). The number of nitrogens with two attached hydrogens (primary N) is 1. The summed E-state index contributed by atoms with van der Waals surface area (Å²) < 4.78 is 0. The molecule has 0 bridgehead atoms. The van der Waals surface area contributed by atoms with Crippen LogP contribution < -0.4 is 11.1 Å². The first-order valence-corrected chi connectivity index (χ1v) is 7.98. The molecule has 4 heteroatoms. The molecule has 112 valence electrons. The molecule has 19 heavy (non-hydrogen) atoms. The quantitative estimate of drug-likeness (QED) is 0.383. The molecular formula is C15H32N4. The molecule has 4 nitrogen and oxygen atoms in total. The van der Waals surface area contributed by atoms with Crippen LogP contribution in [0.3, 0.4) is 0 Å². The minimum absolute atomic E-state index is 0.611. The summed E-state index contributed by atoms with van der Waals surface area (Å²) in [5, 5.41) is 3.20. The molecule has 0 radical (unpaired) electrons. The van der Waals surface area contributed by atoms with Crippen molar-refractivity contribution in [3.05, 3.63) is 0 Å². The SMILES string of the molecule is CCC(C)CN=C(N)NCCCCCN1CCCC1. The number of nitrogens with one attached hydrogen (secondary N) is 1. The molecule has 3 N–H and O–H groups in total. The Labute approximate surface area is 118 Å². The molecule has 0 aromatic carbocycles. The van der Waals surface area contributed by atoms with Crippen LogP contribution in [0.5, 0.6) is 0 Å². The fourth-order valence-electron chi connectivity index (χ4n) is 2.30. The maximum absolute atomic E-state index is 5.82. The Hall–Kier alpha value is -0.770. The molecule has 1 aliphatic rings. The van der Waals surface area contributed by atoms with Crippen molar-refractivity contribution in [1.82, 2.24) is 10.2 Å². The normalized spacial score (nSPS) is 18.7. The average molecular weight is 268 g/mol. The molecule has 0 amide bonds. The second kappa shape index (κ2) is 10.1. The summed E-state index contributed by atoms with van der Waals surface area (Å²) in [4.78, 5) is 6.93. The summed E-state index contributed by atoms with van der Waals surface area (Å²) in [5.74, 6) is 1.24. The molecule has 1 heterocycles. The van der Waals surface area contributed by atoms with Gasteiger partial charge in [-0.2, -0.15) is 0 Å². The number of guanidine groups is 1. The first-order valence-electron chi connectivity index (χ1n) is 7.98. The van der Waals surface area contributed by atoms with Gasteiger partial charge in [0, 0.05) is 13.1 Å². The second-order valence-corrected chi connectivity index (χ2v) is 5.78. The first-order chi connectivity index (χ1) is 9.22. The van der Waals surface area contributed by atoms with Gasteiger partial charge >= 0.3 is 0 Å². The summed E-state index contributed by atoms with van der Waals surface area (Å²) >= 11 is 0. The van der Waals surface area contributed by atoms with E-state index in [1.807, 2.05) is 0 Å². The van der Waals surface area contributed by atoms with E-state index in [0.29, 0.717) is 11.9 Å². The van der Waals surface area contributed by atoms with Crippen LogP contribution in [0.2, 0.25) is 0 Å². The van der Waals surface area contributed by atoms with Crippen LogP contribution in [-0.2, 0) is 0 Å². The summed E-state index contributed by atoms with van der Waals surface area (Å²) in [7, 11) is 0. The van der Waals surface area contributed by atoms with E-state index in [-0.39, 0.29) is 0 Å². The third-order valence-electron chi connectivity index (χ3n) is 3.93. The zero-order chi connectivity index (χ0) is 13.9. The van der Waals surface area contributed by atoms with Gasteiger partial charge in [0.15, 0.2) is 5.96 Å². The molecule has 1 unspecified atom stereocenters. The van der Waals surface area contributed by atoms with Crippen molar-refractivity contribution in [2.24, 2.45) is 16.6 Å². The van der Waals surface area contributed by atoms with Crippen LogP contribution in [0.1, 0.15) is 52.4 Å². The fraction of sp³-hybridized carbons (Fsp3) is 0.933. The van der Waals surface area contributed by atoms with Gasteiger partial charge in [-0.15, -0.1) is 0 Å². The topological polar surface area (TPSA) is 53.6 Å². The number of nitrogens with zero attached hydrogens (tertiary/aromatic N) is 2. The third-order valence-corrected chi connectivity index (χ3v) is 3.93. The Morgan fingerprint density at radius 1 is 1.26 bits per heavy atom. The van der Waals surface area contributed by atoms with Gasteiger partial charge in [0.25, 0.3) is 0 Å². The largest absolute Gasteiger partial charge is 0.370 e. The molecule has 1 saturated heterocycles. The van der Waals surface area contributed by atoms with E-state index in [0.717, 1.165) is 19.5 Å². The molecule has 1 aliphatic heterocycles. The highest BCUT2D eigenvalue weighted by Gasteiger charge is 2.09. The summed E-state index contributed by atoms with van der Waals surface area (Å²) in [6.45, 7) is 10.1. The molecule has 0 aromatic rings. The van der Waals surface area contributed by atoms with Crippen molar-refractivity contribution >= 4 is 5.96 Å². The molecule has 1 fully saturated rings. The standard InChI is InChI=1S/C15H32N4/c1-3-14(2)13-18-15(16)17-9-5-4-6-10-19-11-7-8-12-19/h14H,3-13H2,1-2H3,(H3,16,17,18). The molecule has 0 saturated carbocycles. The van der Waals surface area contributed by atoms with E-state index < -0.39 is 0 Å². The summed E-state index contributed by atoms with van der Waals surface area (Å²) in [6, 6.07) is 0. The molecular weight excluding hydrogens is 236 g/mol. The van der Waals surface area contributed by atoms with E-state index in [9.17, 15) is 0 Å². The van der Waals surface area contributed by atoms with E-state index in [1.165, 1.54) is 51.7 Å². The lowest BCUT2D eigenvalue weighted by atomic mass is 10.1. The lowest BCUT2D eigenvalue weighted by Gasteiger charge is -2.14. The summed E-state index contributed by atoms with van der Waals surface area (Å²) in [6.07, 6.45) is 7.73. The predicted molar refractivity (Wildman–Crippen MR) is 83.5 cm³/mol. The fourth-order valence-corrected chi connectivity index (χ4v) is 2.30. The maximum atomic E-state index is 5.82. The van der Waals surface area contributed by atoms with Crippen LogP contribution in [0.4, 0.5) is 0 Å². The van der Waals surface area contributed by atoms with E-state index in [4.69, 9.17) is 5.73 Å². The lowest BCUT2D eigenvalue weighted by molar-refractivity contribution is 0.328. The van der Waals surface area contributed by atoms with Gasteiger partial charge in [-0.25, -0.2) is 0 Å². The van der Waals surface area contributed by atoms with Gasteiger partial charge in [-0.05, 0) is 51.2 Å². The van der Waals surface area contributed by atoms with Crippen LogP contribution in [0.15, 0.2) is 4.99 Å². The van der Waals surface area contributed by atoms with E-state index in [2.05, 4.69) is 29.1 Å². The van der Waals surface area contributed by atoms with Crippen molar-refractivity contribution < 1.29 is 0 Å². The van der Waals surface area contributed by atoms with Crippen LogP contribution in [0.25, 0.3) is 0 Å². The van der Waals surface area contributed by atoms with Crippen molar-refractivity contribution in [2.45, 2.75) is 52.4 Å². The highest BCUT2D eigenvalue weighted by atomic mass is 15.1. The Morgan fingerprint density at radius 2 is 2.00 bits per heavy atom. The zero-order valence-electron chi connectivity index (χ0n) is 12.8. The Bertz CT molecular complexity index is 247. The highest BCUT2D eigenvalue weighted by molar-refractivity contribution is 5.77. The molecule has 1 atom stereocenters. The van der Waals surface area contributed by atoms with Gasteiger partial charge in [0.2, 0.25) is 0 Å². The van der Waals surface area contributed by atoms with E-state index in [1.54, 1.807) is 0 Å². The number of hydrogen-bond donors (Lipinski definition) is 2. The van der Waals surface area contributed by atoms with Crippen molar-refractivity contribution in [2.75, 3.05) is 32.7 Å². The maximum Gasteiger partial charge on any atom is 0.188 e. The number of rotatable bonds is 9.